The molecule has 0 aliphatic rings. The molecule has 1 heterocycles. The number of pyridine rings is 1. The first kappa shape index (κ1) is 19.4. The van der Waals surface area contributed by atoms with Crippen LogP contribution >= 0.6 is 0 Å². The van der Waals surface area contributed by atoms with Gasteiger partial charge in [0.05, 0.1) is 5.52 Å². The van der Waals surface area contributed by atoms with Crippen LogP contribution in [-0.2, 0) is 9.53 Å². The Balaban J connectivity index is 1.69. The molecule has 0 spiro atoms. The predicted molar refractivity (Wildman–Crippen MR) is 112 cm³/mol. The van der Waals surface area contributed by atoms with Gasteiger partial charge >= 0.3 is 5.97 Å². The van der Waals surface area contributed by atoms with Crippen LogP contribution in [0.1, 0.15) is 28.9 Å². The lowest BCUT2D eigenvalue weighted by molar-refractivity contribution is -0.158. The zero-order chi connectivity index (χ0) is 21.1. The molecule has 0 radical (unpaired) electrons. The fourth-order valence-corrected chi connectivity index (χ4v) is 3.39. The highest BCUT2D eigenvalue weighted by Crippen LogP contribution is 2.32. The van der Waals surface area contributed by atoms with Crippen molar-refractivity contribution in [1.82, 2.24) is 4.98 Å². The molecule has 4 aromatic rings. The van der Waals surface area contributed by atoms with Gasteiger partial charge in [0.1, 0.15) is 5.75 Å². The Kier molecular flexibility index (Phi) is 5.32. The number of carbonyl (C=O) groups excluding carboxylic acids is 1. The quantitative estimate of drug-likeness (QED) is 0.444. The zero-order valence-electron chi connectivity index (χ0n) is 15.9. The summed E-state index contributed by atoms with van der Waals surface area (Å²) in [5, 5.41) is 21.1. The van der Waals surface area contributed by atoms with E-state index >= 15 is 0 Å². The molecule has 6 nitrogen and oxygen atoms in total. The minimum atomic E-state index is -1.60. The molecule has 30 heavy (non-hydrogen) atoms. The summed E-state index contributed by atoms with van der Waals surface area (Å²) < 4.78 is 5.72. The van der Waals surface area contributed by atoms with Crippen LogP contribution in [-0.4, -0.2) is 21.2 Å². The molecular weight excluding hydrogens is 382 g/mol. The third kappa shape index (κ3) is 3.81. The lowest BCUT2D eigenvalue weighted by atomic mass is 10.0. The number of aromatic hydroxyl groups is 1. The Labute approximate surface area is 172 Å². The van der Waals surface area contributed by atoms with Gasteiger partial charge in [0.2, 0.25) is 5.56 Å². The molecule has 1 aromatic heterocycles. The Morgan fingerprint density at radius 2 is 1.43 bits per heavy atom. The molecule has 0 bridgehead atoms. The monoisotopic (exact) mass is 401 g/mol. The average Bonchev–Trinajstić information content (AvgIpc) is 2.78. The Hall–Kier alpha value is -3.90. The normalized spacial score (nSPS) is 12.1. The number of H-pyrrole nitrogens is 1. The van der Waals surface area contributed by atoms with Gasteiger partial charge in [-0.3, -0.25) is 4.79 Å². The van der Waals surface area contributed by atoms with Crippen LogP contribution < -0.4 is 5.56 Å². The standard InChI is InChI=1S/C24H19NO5/c26-19-13-11-18(17-12-14-20(27)25-21(17)19)22(28)24(29)30-23(15-7-3-1-4-8-15)16-9-5-2-6-10-16/h1-14,22-23,26,28H,(H,25,27). The molecule has 1 atom stereocenters. The van der Waals surface area contributed by atoms with E-state index in [1.807, 2.05) is 60.7 Å². The molecule has 0 aliphatic carbocycles. The van der Waals surface area contributed by atoms with E-state index in [9.17, 15) is 19.8 Å². The Morgan fingerprint density at radius 3 is 2.03 bits per heavy atom. The summed E-state index contributed by atoms with van der Waals surface area (Å²) in [7, 11) is 0. The maximum Gasteiger partial charge on any atom is 0.340 e. The molecule has 4 rings (SSSR count). The number of hydrogen-bond donors (Lipinski definition) is 3. The number of fused-ring (bicyclic) bond motifs is 1. The van der Waals surface area contributed by atoms with Gasteiger partial charge in [0.25, 0.3) is 0 Å². The summed E-state index contributed by atoms with van der Waals surface area (Å²) in [6.07, 6.45) is -2.30. The van der Waals surface area contributed by atoms with Gasteiger partial charge < -0.3 is 19.9 Å². The second-order valence-electron chi connectivity index (χ2n) is 6.83. The summed E-state index contributed by atoms with van der Waals surface area (Å²) in [6.45, 7) is 0. The highest BCUT2D eigenvalue weighted by atomic mass is 16.6. The van der Waals surface area contributed by atoms with E-state index in [1.54, 1.807) is 0 Å². The van der Waals surface area contributed by atoms with Crippen molar-refractivity contribution in [2.24, 2.45) is 0 Å². The van der Waals surface area contributed by atoms with E-state index < -0.39 is 23.7 Å². The van der Waals surface area contributed by atoms with Gasteiger partial charge in [0.15, 0.2) is 12.2 Å². The van der Waals surface area contributed by atoms with E-state index in [0.29, 0.717) is 5.39 Å². The molecule has 0 fully saturated rings. The highest BCUT2D eigenvalue weighted by molar-refractivity contribution is 5.91. The Bertz CT molecular complexity index is 1200. The molecule has 150 valence electrons. The van der Waals surface area contributed by atoms with Crippen molar-refractivity contribution in [3.8, 4) is 5.75 Å². The molecule has 1 unspecified atom stereocenters. The van der Waals surface area contributed by atoms with E-state index in [0.717, 1.165) is 11.1 Å². The maximum absolute atomic E-state index is 12.9. The van der Waals surface area contributed by atoms with Crippen molar-refractivity contribution in [1.29, 1.82) is 0 Å². The average molecular weight is 401 g/mol. The lowest BCUT2D eigenvalue weighted by Gasteiger charge is -2.21. The van der Waals surface area contributed by atoms with Gasteiger partial charge in [0, 0.05) is 17.0 Å². The van der Waals surface area contributed by atoms with Gasteiger partial charge in [-0.2, -0.15) is 0 Å². The molecule has 3 N–H and O–H groups in total. The molecule has 0 saturated carbocycles. The number of phenols is 1. The second-order valence-corrected chi connectivity index (χ2v) is 6.83. The number of aromatic amines is 1. The smallest absolute Gasteiger partial charge is 0.340 e. The molecule has 0 aliphatic heterocycles. The number of aromatic nitrogens is 1. The number of nitrogens with one attached hydrogen (secondary N) is 1. The first-order chi connectivity index (χ1) is 14.5. The minimum Gasteiger partial charge on any atom is -0.506 e. The fourth-order valence-electron chi connectivity index (χ4n) is 3.39. The molecule has 6 heteroatoms. The summed E-state index contributed by atoms with van der Waals surface area (Å²) >= 11 is 0. The number of hydrogen-bond acceptors (Lipinski definition) is 5. The van der Waals surface area contributed by atoms with Crippen LogP contribution in [0.3, 0.4) is 0 Å². The van der Waals surface area contributed by atoms with Crippen molar-refractivity contribution >= 4 is 16.9 Å². The molecular formula is C24H19NO5. The van der Waals surface area contributed by atoms with Gasteiger partial charge in [-0.15, -0.1) is 0 Å². The lowest BCUT2D eigenvalue weighted by Crippen LogP contribution is -2.20. The number of esters is 1. The van der Waals surface area contributed by atoms with Gasteiger partial charge in [-0.05, 0) is 23.3 Å². The van der Waals surface area contributed by atoms with E-state index in [1.165, 1.54) is 24.3 Å². The number of carbonyl (C=O) groups is 1. The van der Waals surface area contributed by atoms with Crippen molar-refractivity contribution in [3.63, 3.8) is 0 Å². The summed E-state index contributed by atoms with van der Waals surface area (Å²) in [5.41, 5.74) is 1.51. The third-order valence-electron chi connectivity index (χ3n) is 4.86. The number of aliphatic hydroxyl groups excluding tert-OH is 1. The van der Waals surface area contributed by atoms with Gasteiger partial charge in [-0.25, -0.2) is 4.79 Å². The first-order valence-corrected chi connectivity index (χ1v) is 9.38. The van der Waals surface area contributed by atoms with Crippen LogP contribution in [0.5, 0.6) is 5.75 Å². The van der Waals surface area contributed by atoms with Crippen molar-refractivity contribution in [3.05, 3.63) is 112 Å². The van der Waals surface area contributed by atoms with Crippen molar-refractivity contribution in [2.75, 3.05) is 0 Å². The van der Waals surface area contributed by atoms with E-state index in [4.69, 9.17) is 4.74 Å². The second kappa shape index (κ2) is 8.23. The molecule has 0 saturated heterocycles. The number of aliphatic hydroxyl groups is 1. The van der Waals surface area contributed by atoms with Crippen molar-refractivity contribution in [2.45, 2.75) is 12.2 Å². The number of benzene rings is 3. The highest BCUT2D eigenvalue weighted by Gasteiger charge is 2.27. The van der Waals surface area contributed by atoms with E-state index in [2.05, 4.69) is 4.98 Å². The first-order valence-electron chi connectivity index (χ1n) is 9.38. The zero-order valence-corrected chi connectivity index (χ0v) is 15.9. The SMILES string of the molecule is O=C(OC(c1ccccc1)c1ccccc1)C(O)c1ccc(O)c2[nH]c(=O)ccc12. The van der Waals surface area contributed by atoms with Crippen LogP contribution in [0.25, 0.3) is 10.9 Å². The number of rotatable bonds is 5. The minimum absolute atomic E-state index is 0.148. The number of phenolic OH excluding ortho intramolecular Hbond substituents is 1. The summed E-state index contributed by atoms with van der Waals surface area (Å²) in [6, 6.07) is 24.0. The largest absolute Gasteiger partial charge is 0.506 e. The van der Waals surface area contributed by atoms with Crippen LogP contribution in [0.15, 0.2) is 89.7 Å². The number of ether oxygens (including phenoxy) is 1. The fraction of sp³-hybridized carbons (Fsp3) is 0.0833. The summed E-state index contributed by atoms with van der Waals surface area (Å²) in [4.78, 5) is 27.0. The third-order valence-corrected chi connectivity index (χ3v) is 4.86. The maximum atomic E-state index is 12.9. The van der Waals surface area contributed by atoms with Gasteiger partial charge in [-0.1, -0.05) is 66.7 Å². The van der Waals surface area contributed by atoms with Crippen molar-refractivity contribution < 1.29 is 19.7 Å². The Morgan fingerprint density at radius 1 is 0.833 bits per heavy atom. The topological polar surface area (TPSA) is 99.6 Å². The molecule has 3 aromatic carbocycles. The van der Waals surface area contributed by atoms with Crippen LogP contribution in [0.2, 0.25) is 0 Å². The summed E-state index contributed by atoms with van der Waals surface area (Å²) in [5.74, 6) is -0.996. The molecule has 0 amide bonds. The predicted octanol–water partition coefficient (Wildman–Crippen LogP) is 3.60. The van der Waals surface area contributed by atoms with Crippen LogP contribution in [0, 0.1) is 0 Å². The van der Waals surface area contributed by atoms with Crippen LogP contribution in [0.4, 0.5) is 0 Å². The van der Waals surface area contributed by atoms with E-state index in [-0.39, 0.29) is 16.8 Å².